The molecule has 0 atom stereocenters. The predicted octanol–water partition coefficient (Wildman–Crippen LogP) is 3.58. The van der Waals surface area contributed by atoms with E-state index in [2.05, 4.69) is 10.2 Å². The fourth-order valence-corrected chi connectivity index (χ4v) is 2.24. The number of benzene rings is 1. The fourth-order valence-electron chi connectivity index (χ4n) is 1.45. The molecule has 0 saturated carbocycles. The molecule has 2 aromatic rings. The third kappa shape index (κ3) is 2.34. The molecule has 4 nitrogen and oxygen atoms in total. The minimum absolute atomic E-state index is 0.428. The maximum atomic E-state index is 10.8. The van der Waals surface area contributed by atoms with Crippen molar-refractivity contribution < 1.29 is 0 Å². The van der Waals surface area contributed by atoms with Gasteiger partial charge in [0, 0.05) is 19.7 Å². The standard InChI is InChI=1S/C12H13N3OS/c1-8-4-6-9(7-5-8)10-11(14-16)17-12(13-10)15(2)3/h4-7H,1-3H3. The number of nitrogens with zero attached hydrogens (tertiary/aromatic N) is 3. The monoisotopic (exact) mass is 247 g/mol. The van der Waals surface area contributed by atoms with E-state index < -0.39 is 0 Å². The Morgan fingerprint density at radius 2 is 1.88 bits per heavy atom. The highest BCUT2D eigenvalue weighted by atomic mass is 32.1. The smallest absolute Gasteiger partial charge is 0.190 e. The molecule has 0 aliphatic carbocycles. The molecule has 1 heterocycles. The number of rotatable bonds is 3. The highest BCUT2D eigenvalue weighted by molar-refractivity contribution is 7.19. The Morgan fingerprint density at radius 3 is 2.41 bits per heavy atom. The minimum atomic E-state index is 0.428. The van der Waals surface area contributed by atoms with Gasteiger partial charge in [-0.15, -0.1) is 4.91 Å². The van der Waals surface area contributed by atoms with Gasteiger partial charge in [-0.3, -0.25) is 0 Å². The first-order valence-corrected chi connectivity index (χ1v) is 6.02. The van der Waals surface area contributed by atoms with Gasteiger partial charge in [-0.05, 0) is 12.1 Å². The van der Waals surface area contributed by atoms with E-state index >= 15 is 0 Å². The van der Waals surface area contributed by atoms with Crippen LogP contribution in [0.25, 0.3) is 11.3 Å². The second-order valence-corrected chi connectivity index (χ2v) is 4.96. The molecule has 0 aliphatic heterocycles. The highest BCUT2D eigenvalue weighted by Gasteiger charge is 2.14. The zero-order valence-corrected chi connectivity index (χ0v) is 10.8. The quantitative estimate of drug-likeness (QED) is 0.779. The molecular formula is C12H13N3OS. The van der Waals surface area contributed by atoms with Gasteiger partial charge in [0.15, 0.2) is 10.1 Å². The molecular weight excluding hydrogens is 234 g/mol. The number of aromatic nitrogens is 1. The molecule has 0 N–H and O–H groups in total. The van der Waals surface area contributed by atoms with Crippen molar-refractivity contribution >= 4 is 21.5 Å². The van der Waals surface area contributed by atoms with Crippen LogP contribution in [-0.2, 0) is 0 Å². The lowest BCUT2D eigenvalue weighted by Gasteiger charge is -2.05. The van der Waals surface area contributed by atoms with Crippen molar-refractivity contribution in [3.8, 4) is 11.3 Å². The van der Waals surface area contributed by atoms with Crippen LogP contribution in [0.1, 0.15) is 5.56 Å². The van der Waals surface area contributed by atoms with Gasteiger partial charge in [0.25, 0.3) is 0 Å². The summed E-state index contributed by atoms with van der Waals surface area (Å²) < 4.78 is 0. The van der Waals surface area contributed by atoms with E-state index in [1.165, 1.54) is 16.9 Å². The molecule has 0 amide bonds. The molecule has 5 heteroatoms. The van der Waals surface area contributed by atoms with Gasteiger partial charge in [-0.25, -0.2) is 4.98 Å². The van der Waals surface area contributed by atoms with E-state index in [-0.39, 0.29) is 0 Å². The average molecular weight is 247 g/mol. The molecule has 0 unspecified atom stereocenters. The second-order valence-electron chi connectivity index (χ2n) is 4.00. The van der Waals surface area contributed by atoms with Gasteiger partial charge in [0.1, 0.15) is 5.69 Å². The molecule has 0 fully saturated rings. The summed E-state index contributed by atoms with van der Waals surface area (Å²) in [6.07, 6.45) is 0. The second kappa shape index (κ2) is 4.63. The van der Waals surface area contributed by atoms with Crippen LogP contribution in [0.3, 0.4) is 0 Å². The van der Waals surface area contributed by atoms with E-state index in [9.17, 15) is 4.91 Å². The van der Waals surface area contributed by atoms with Gasteiger partial charge < -0.3 is 4.90 Å². The lowest BCUT2D eigenvalue weighted by molar-refractivity contribution is 1.11. The van der Waals surface area contributed by atoms with Crippen molar-refractivity contribution in [1.29, 1.82) is 0 Å². The summed E-state index contributed by atoms with van der Waals surface area (Å²) >= 11 is 1.30. The first-order valence-electron chi connectivity index (χ1n) is 5.20. The fraction of sp³-hybridized carbons (Fsp3) is 0.250. The Labute approximate surface area is 104 Å². The molecule has 2 rings (SSSR count). The zero-order chi connectivity index (χ0) is 12.4. The number of anilines is 1. The van der Waals surface area contributed by atoms with Crippen molar-refractivity contribution in [2.75, 3.05) is 19.0 Å². The maximum absolute atomic E-state index is 10.8. The topological polar surface area (TPSA) is 45.6 Å². The Bertz CT molecular complexity index is 531. The average Bonchev–Trinajstić information content (AvgIpc) is 2.74. The van der Waals surface area contributed by atoms with E-state index in [0.717, 1.165) is 10.7 Å². The van der Waals surface area contributed by atoms with Gasteiger partial charge in [-0.2, -0.15) is 0 Å². The number of thiazole rings is 1. The van der Waals surface area contributed by atoms with Gasteiger partial charge in [0.2, 0.25) is 0 Å². The normalized spacial score (nSPS) is 10.3. The van der Waals surface area contributed by atoms with Crippen molar-refractivity contribution in [2.45, 2.75) is 6.92 Å². The molecule has 1 aromatic heterocycles. The third-order valence-electron chi connectivity index (χ3n) is 2.39. The summed E-state index contributed by atoms with van der Waals surface area (Å²) in [7, 11) is 3.79. The number of hydrogen-bond acceptors (Lipinski definition) is 5. The molecule has 17 heavy (non-hydrogen) atoms. The van der Waals surface area contributed by atoms with Crippen LogP contribution >= 0.6 is 11.3 Å². The van der Waals surface area contributed by atoms with Crippen LogP contribution < -0.4 is 4.90 Å². The Balaban J connectivity index is 2.50. The summed E-state index contributed by atoms with van der Waals surface area (Å²) in [4.78, 5) is 17.1. The number of hydrogen-bond donors (Lipinski definition) is 0. The van der Waals surface area contributed by atoms with Crippen LogP contribution in [0, 0.1) is 11.8 Å². The van der Waals surface area contributed by atoms with E-state index in [1.54, 1.807) is 0 Å². The Kier molecular flexibility index (Phi) is 3.19. The first kappa shape index (κ1) is 11.7. The van der Waals surface area contributed by atoms with E-state index in [1.807, 2.05) is 50.2 Å². The van der Waals surface area contributed by atoms with Crippen molar-refractivity contribution in [3.63, 3.8) is 0 Å². The molecule has 1 aromatic carbocycles. The SMILES string of the molecule is Cc1ccc(-c2nc(N(C)C)sc2N=O)cc1. The zero-order valence-electron chi connectivity index (χ0n) is 9.97. The maximum Gasteiger partial charge on any atom is 0.190 e. The molecule has 0 spiro atoms. The predicted molar refractivity (Wildman–Crippen MR) is 72.1 cm³/mol. The third-order valence-corrected chi connectivity index (χ3v) is 3.49. The molecule has 0 saturated heterocycles. The van der Waals surface area contributed by atoms with E-state index in [0.29, 0.717) is 10.7 Å². The van der Waals surface area contributed by atoms with Crippen LogP contribution in [0.4, 0.5) is 10.1 Å². The van der Waals surface area contributed by atoms with Crippen molar-refractivity contribution in [3.05, 3.63) is 34.7 Å². The lowest BCUT2D eigenvalue weighted by Crippen LogP contribution is -2.07. The van der Waals surface area contributed by atoms with Crippen LogP contribution in [0.5, 0.6) is 0 Å². The molecule has 0 radical (unpaired) electrons. The highest BCUT2D eigenvalue weighted by Crippen LogP contribution is 2.38. The largest absolute Gasteiger partial charge is 0.354 e. The Morgan fingerprint density at radius 1 is 1.24 bits per heavy atom. The first-order chi connectivity index (χ1) is 8.11. The minimum Gasteiger partial charge on any atom is -0.354 e. The Hall–Kier alpha value is -1.75. The van der Waals surface area contributed by atoms with Crippen molar-refractivity contribution in [1.82, 2.24) is 4.98 Å². The summed E-state index contributed by atoms with van der Waals surface area (Å²) in [5.41, 5.74) is 2.76. The van der Waals surface area contributed by atoms with Gasteiger partial charge >= 0.3 is 0 Å². The lowest BCUT2D eigenvalue weighted by atomic mass is 10.1. The summed E-state index contributed by atoms with van der Waals surface area (Å²) in [5.74, 6) is 0. The number of nitroso groups, excluding NO2 is 1. The van der Waals surface area contributed by atoms with Crippen molar-refractivity contribution in [2.24, 2.45) is 5.18 Å². The van der Waals surface area contributed by atoms with Crippen LogP contribution in [-0.4, -0.2) is 19.1 Å². The summed E-state index contributed by atoms with van der Waals surface area (Å²) in [6.45, 7) is 2.02. The van der Waals surface area contributed by atoms with Gasteiger partial charge in [-0.1, -0.05) is 41.2 Å². The van der Waals surface area contributed by atoms with Crippen LogP contribution in [0.15, 0.2) is 29.4 Å². The van der Waals surface area contributed by atoms with Crippen LogP contribution in [0.2, 0.25) is 0 Å². The molecule has 88 valence electrons. The van der Waals surface area contributed by atoms with E-state index in [4.69, 9.17) is 0 Å². The molecule has 0 aliphatic rings. The summed E-state index contributed by atoms with van der Waals surface area (Å²) in [5, 5.41) is 4.27. The van der Waals surface area contributed by atoms with Gasteiger partial charge in [0.05, 0.1) is 0 Å². The molecule has 0 bridgehead atoms. The number of aryl methyl sites for hydroxylation is 1. The summed E-state index contributed by atoms with van der Waals surface area (Å²) in [6, 6.07) is 7.91.